The molecule has 2 aromatic carbocycles. The Kier molecular flexibility index (Phi) is 4.81. The maximum Gasteiger partial charge on any atom is 0.128 e. The number of hydrogen-bond acceptors (Lipinski definition) is 1. The fraction of sp³-hybridized carbons (Fsp3) is 0.200. The summed E-state index contributed by atoms with van der Waals surface area (Å²) in [5.41, 5.74) is 1.66. The molecule has 0 amide bonds. The molecule has 0 bridgehead atoms. The normalized spacial score (nSPS) is 12.4. The van der Waals surface area contributed by atoms with E-state index in [1.54, 1.807) is 19.2 Å². The first-order valence-corrected chi connectivity index (χ1v) is 6.72. The Bertz CT molecular complexity index is 555. The molecule has 19 heavy (non-hydrogen) atoms. The standard InChI is InChI=1S/C15H14Cl2FN/c1-19-15(8-10-2-4-11(16)5-3-10)13-9-12(17)6-7-14(13)18/h2-7,9,15,19H,8H2,1H3. The van der Waals surface area contributed by atoms with Gasteiger partial charge in [0.25, 0.3) is 0 Å². The summed E-state index contributed by atoms with van der Waals surface area (Å²) in [4.78, 5) is 0. The van der Waals surface area contributed by atoms with E-state index in [0.717, 1.165) is 5.56 Å². The molecule has 0 aliphatic heterocycles. The van der Waals surface area contributed by atoms with Gasteiger partial charge < -0.3 is 5.32 Å². The Morgan fingerprint density at radius 3 is 2.32 bits per heavy atom. The van der Waals surface area contributed by atoms with Gasteiger partial charge in [-0.15, -0.1) is 0 Å². The first kappa shape index (κ1) is 14.3. The van der Waals surface area contributed by atoms with Crippen LogP contribution in [-0.4, -0.2) is 7.05 Å². The Hall–Kier alpha value is -1.09. The van der Waals surface area contributed by atoms with Crippen LogP contribution in [-0.2, 0) is 6.42 Å². The van der Waals surface area contributed by atoms with Gasteiger partial charge in [-0.3, -0.25) is 0 Å². The van der Waals surface area contributed by atoms with E-state index in [9.17, 15) is 4.39 Å². The smallest absolute Gasteiger partial charge is 0.128 e. The highest BCUT2D eigenvalue weighted by atomic mass is 35.5. The van der Waals surface area contributed by atoms with Crippen molar-refractivity contribution in [3.63, 3.8) is 0 Å². The maximum atomic E-state index is 13.9. The van der Waals surface area contributed by atoms with Crippen molar-refractivity contribution < 1.29 is 4.39 Å². The van der Waals surface area contributed by atoms with Crippen molar-refractivity contribution in [3.05, 3.63) is 69.5 Å². The summed E-state index contributed by atoms with van der Waals surface area (Å²) in [5.74, 6) is -0.252. The Labute approximate surface area is 122 Å². The van der Waals surface area contributed by atoms with E-state index in [-0.39, 0.29) is 11.9 Å². The number of benzene rings is 2. The van der Waals surface area contributed by atoms with Crippen LogP contribution in [0.3, 0.4) is 0 Å². The van der Waals surface area contributed by atoms with Gasteiger partial charge in [0.2, 0.25) is 0 Å². The molecule has 0 spiro atoms. The Balaban J connectivity index is 2.24. The molecular weight excluding hydrogens is 284 g/mol. The maximum absolute atomic E-state index is 13.9. The molecule has 0 aromatic heterocycles. The number of halogens is 3. The molecule has 100 valence electrons. The first-order valence-electron chi connectivity index (χ1n) is 5.97. The summed E-state index contributed by atoms with van der Waals surface area (Å²) in [6, 6.07) is 12.0. The lowest BCUT2D eigenvalue weighted by Gasteiger charge is -2.18. The Morgan fingerprint density at radius 1 is 1.05 bits per heavy atom. The molecule has 2 rings (SSSR count). The Morgan fingerprint density at radius 2 is 1.68 bits per heavy atom. The lowest BCUT2D eigenvalue weighted by molar-refractivity contribution is 0.534. The molecule has 1 nitrogen and oxygen atoms in total. The summed E-state index contributed by atoms with van der Waals surface area (Å²) >= 11 is 11.8. The summed E-state index contributed by atoms with van der Waals surface area (Å²) < 4.78 is 13.9. The van der Waals surface area contributed by atoms with Gasteiger partial charge in [-0.2, -0.15) is 0 Å². The first-order chi connectivity index (χ1) is 9.10. The number of hydrogen-bond donors (Lipinski definition) is 1. The summed E-state index contributed by atoms with van der Waals surface area (Å²) in [5, 5.41) is 4.35. The zero-order chi connectivity index (χ0) is 13.8. The van der Waals surface area contributed by atoms with Crippen LogP contribution in [0.15, 0.2) is 42.5 Å². The van der Waals surface area contributed by atoms with Crippen LogP contribution >= 0.6 is 23.2 Å². The van der Waals surface area contributed by atoms with E-state index < -0.39 is 0 Å². The largest absolute Gasteiger partial charge is 0.313 e. The molecule has 2 aromatic rings. The van der Waals surface area contributed by atoms with Gasteiger partial charge in [0.15, 0.2) is 0 Å². The number of nitrogens with one attached hydrogen (secondary N) is 1. The second kappa shape index (κ2) is 6.38. The monoisotopic (exact) mass is 297 g/mol. The third kappa shape index (κ3) is 3.69. The molecule has 0 aliphatic rings. The van der Waals surface area contributed by atoms with E-state index in [2.05, 4.69) is 5.32 Å². The van der Waals surface area contributed by atoms with Crippen molar-refractivity contribution in [2.24, 2.45) is 0 Å². The second-order valence-electron chi connectivity index (χ2n) is 4.34. The van der Waals surface area contributed by atoms with Crippen LogP contribution in [0.2, 0.25) is 10.0 Å². The van der Waals surface area contributed by atoms with Gasteiger partial charge in [-0.25, -0.2) is 4.39 Å². The zero-order valence-electron chi connectivity index (χ0n) is 10.5. The molecule has 0 heterocycles. The van der Waals surface area contributed by atoms with Gasteiger partial charge in [0, 0.05) is 21.7 Å². The highest BCUT2D eigenvalue weighted by Gasteiger charge is 2.15. The summed E-state index contributed by atoms with van der Waals surface area (Å²) in [7, 11) is 1.81. The quantitative estimate of drug-likeness (QED) is 0.867. The van der Waals surface area contributed by atoms with Gasteiger partial charge in [0.05, 0.1) is 0 Å². The minimum absolute atomic E-state index is 0.125. The minimum atomic E-state index is -0.252. The highest BCUT2D eigenvalue weighted by molar-refractivity contribution is 6.30. The summed E-state index contributed by atoms with van der Waals surface area (Å²) in [6.45, 7) is 0. The van der Waals surface area contributed by atoms with Gasteiger partial charge >= 0.3 is 0 Å². The van der Waals surface area contributed by atoms with Crippen molar-refractivity contribution in [2.45, 2.75) is 12.5 Å². The van der Waals surface area contributed by atoms with Crippen molar-refractivity contribution in [1.82, 2.24) is 5.32 Å². The van der Waals surface area contributed by atoms with Crippen molar-refractivity contribution in [1.29, 1.82) is 0 Å². The van der Waals surface area contributed by atoms with Crippen LogP contribution in [0.1, 0.15) is 17.2 Å². The molecule has 1 atom stereocenters. The fourth-order valence-electron chi connectivity index (χ4n) is 2.01. The molecule has 1 unspecified atom stereocenters. The predicted molar refractivity (Wildman–Crippen MR) is 78.4 cm³/mol. The number of rotatable bonds is 4. The lowest BCUT2D eigenvalue weighted by Crippen LogP contribution is -2.20. The van der Waals surface area contributed by atoms with E-state index in [4.69, 9.17) is 23.2 Å². The molecule has 1 N–H and O–H groups in total. The van der Waals surface area contributed by atoms with Crippen LogP contribution in [0.4, 0.5) is 4.39 Å². The van der Waals surface area contributed by atoms with Gasteiger partial charge in [-0.1, -0.05) is 35.3 Å². The average Bonchev–Trinajstić information content (AvgIpc) is 2.41. The van der Waals surface area contributed by atoms with Gasteiger partial charge in [-0.05, 0) is 49.4 Å². The molecule has 0 saturated carbocycles. The fourth-order valence-corrected chi connectivity index (χ4v) is 2.31. The number of likely N-dealkylation sites (N-methyl/N-ethyl adjacent to an activating group) is 1. The third-order valence-electron chi connectivity index (χ3n) is 3.04. The minimum Gasteiger partial charge on any atom is -0.313 e. The molecule has 0 radical (unpaired) electrons. The molecule has 0 aliphatic carbocycles. The molecule has 0 saturated heterocycles. The lowest BCUT2D eigenvalue weighted by atomic mass is 9.98. The molecular formula is C15H14Cl2FN. The second-order valence-corrected chi connectivity index (χ2v) is 5.21. The van der Waals surface area contributed by atoms with Crippen LogP contribution in [0.25, 0.3) is 0 Å². The van der Waals surface area contributed by atoms with E-state index in [1.165, 1.54) is 6.07 Å². The zero-order valence-corrected chi connectivity index (χ0v) is 12.0. The van der Waals surface area contributed by atoms with Gasteiger partial charge in [0.1, 0.15) is 5.82 Å². The van der Waals surface area contributed by atoms with Crippen LogP contribution < -0.4 is 5.32 Å². The van der Waals surface area contributed by atoms with Crippen LogP contribution in [0, 0.1) is 5.82 Å². The van der Waals surface area contributed by atoms with Crippen molar-refractivity contribution in [2.75, 3.05) is 7.05 Å². The van der Waals surface area contributed by atoms with E-state index >= 15 is 0 Å². The third-order valence-corrected chi connectivity index (χ3v) is 3.52. The molecule has 0 fully saturated rings. The van der Waals surface area contributed by atoms with Crippen LogP contribution in [0.5, 0.6) is 0 Å². The molecule has 4 heteroatoms. The highest BCUT2D eigenvalue weighted by Crippen LogP contribution is 2.24. The predicted octanol–water partition coefficient (Wildman–Crippen LogP) is 4.64. The summed E-state index contributed by atoms with van der Waals surface area (Å²) in [6.07, 6.45) is 0.672. The van der Waals surface area contributed by atoms with Crippen molar-refractivity contribution >= 4 is 23.2 Å². The van der Waals surface area contributed by atoms with E-state index in [0.29, 0.717) is 22.0 Å². The topological polar surface area (TPSA) is 12.0 Å². The van der Waals surface area contributed by atoms with E-state index in [1.807, 2.05) is 24.3 Å². The van der Waals surface area contributed by atoms with Crippen molar-refractivity contribution in [3.8, 4) is 0 Å². The average molecular weight is 298 g/mol. The SMILES string of the molecule is CNC(Cc1ccc(Cl)cc1)c1cc(Cl)ccc1F.